The van der Waals surface area contributed by atoms with Crippen LogP contribution in [0.15, 0.2) is 52.9 Å². The molecule has 0 saturated carbocycles. The summed E-state index contributed by atoms with van der Waals surface area (Å²) in [6.07, 6.45) is 0. The lowest BCUT2D eigenvalue weighted by Crippen LogP contribution is -2.38. The third-order valence-corrected chi connectivity index (χ3v) is 6.18. The van der Waals surface area contributed by atoms with E-state index in [0.29, 0.717) is 23.0 Å². The molecule has 0 fully saturated rings. The number of benzene rings is 2. The molecule has 3 aromatic rings. The number of hydrogen-bond donors (Lipinski definition) is 3. The van der Waals surface area contributed by atoms with Gasteiger partial charge in [0.2, 0.25) is 0 Å². The summed E-state index contributed by atoms with van der Waals surface area (Å²) in [5, 5.41) is 3.48. The van der Waals surface area contributed by atoms with E-state index < -0.39 is 6.64 Å². The first-order valence-electron chi connectivity index (χ1n) is 7.87. The van der Waals surface area contributed by atoms with E-state index in [4.69, 9.17) is 49.1 Å². The summed E-state index contributed by atoms with van der Waals surface area (Å²) in [6, 6.07) is 14.6. The van der Waals surface area contributed by atoms with E-state index in [9.17, 15) is 0 Å². The van der Waals surface area contributed by atoms with Crippen LogP contribution in [0.3, 0.4) is 0 Å². The zero-order chi connectivity index (χ0) is 19.3. The second kappa shape index (κ2) is 8.86. The van der Waals surface area contributed by atoms with E-state index in [1.165, 1.54) is 0 Å². The number of para-hydroxylation sites is 3. The van der Waals surface area contributed by atoms with Crippen LogP contribution in [0.5, 0.6) is 5.75 Å². The minimum Gasteiger partial charge on any atom is -0.427 e. The van der Waals surface area contributed by atoms with Crippen molar-refractivity contribution < 1.29 is 13.5 Å². The van der Waals surface area contributed by atoms with Crippen molar-refractivity contribution in [3.05, 3.63) is 53.6 Å². The molecular formula is C16H16ClN4O3PS2. The van der Waals surface area contributed by atoms with Crippen molar-refractivity contribution in [3.63, 3.8) is 0 Å². The molecule has 0 spiro atoms. The molecule has 11 heteroatoms. The van der Waals surface area contributed by atoms with Gasteiger partial charge in [-0.05, 0) is 55.2 Å². The first-order chi connectivity index (χ1) is 13.0. The fraction of sp³-hybridized carbons (Fsp3) is 0.125. The fourth-order valence-corrected chi connectivity index (χ4v) is 4.96. The number of rotatable bonds is 7. The Kier molecular flexibility index (Phi) is 6.51. The van der Waals surface area contributed by atoms with Crippen LogP contribution in [0.1, 0.15) is 6.92 Å². The number of halogens is 1. The Bertz CT molecular complexity index is 967. The van der Waals surface area contributed by atoms with Crippen LogP contribution in [0.25, 0.3) is 11.1 Å². The van der Waals surface area contributed by atoms with Crippen LogP contribution in [-0.2, 0) is 16.3 Å². The molecule has 0 aliphatic rings. The van der Waals surface area contributed by atoms with Gasteiger partial charge in [0.25, 0.3) is 0 Å². The van der Waals surface area contributed by atoms with Crippen molar-refractivity contribution in [1.82, 2.24) is 15.5 Å². The normalized spacial score (nSPS) is 13.0. The van der Waals surface area contributed by atoms with Crippen LogP contribution < -0.4 is 20.5 Å². The van der Waals surface area contributed by atoms with Crippen molar-refractivity contribution in [3.8, 4) is 5.75 Å². The predicted octanol–water partition coefficient (Wildman–Crippen LogP) is 4.61. The lowest BCUT2D eigenvalue weighted by molar-refractivity contribution is 0.327. The van der Waals surface area contributed by atoms with Crippen LogP contribution in [0.2, 0.25) is 5.02 Å². The number of nitrogens with zero attached hydrogens (tertiary/aromatic N) is 1. The molecule has 27 heavy (non-hydrogen) atoms. The molecule has 1 heterocycles. The Morgan fingerprint density at radius 3 is 2.70 bits per heavy atom. The van der Waals surface area contributed by atoms with Gasteiger partial charge in [0, 0.05) is 0 Å². The highest BCUT2D eigenvalue weighted by Crippen LogP contribution is 2.46. The number of aromatic nitrogens is 1. The van der Waals surface area contributed by atoms with E-state index in [2.05, 4.69) is 20.9 Å². The van der Waals surface area contributed by atoms with Gasteiger partial charge < -0.3 is 13.5 Å². The Morgan fingerprint density at radius 1 is 1.22 bits per heavy atom. The Hall–Kier alpha value is -1.90. The van der Waals surface area contributed by atoms with E-state index >= 15 is 0 Å². The summed E-state index contributed by atoms with van der Waals surface area (Å²) < 4.78 is 16.9. The highest BCUT2D eigenvalue weighted by atomic mass is 35.5. The van der Waals surface area contributed by atoms with Crippen molar-refractivity contribution in [1.29, 1.82) is 0 Å². The number of hydrogen-bond acceptors (Lipinski definition) is 7. The molecular weight excluding hydrogens is 427 g/mol. The molecule has 0 bridgehead atoms. The molecule has 1 unspecified atom stereocenters. The van der Waals surface area contributed by atoms with Gasteiger partial charge >= 0.3 is 12.7 Å². The number of fused-ring (bicyclic) bond motifs is 1. The molecule has 0 aliphatic carbocycles. The van der Waals surface area contributed by atoms with Crippen molar-refractivity contribution in [2.24, 2.45) is 0 Å². The first kappa shape index (κ1) is 19.9. The quantitative estimate of drug-likeness (QED) is 0.276. The molecule has 3 N–H and O–H groups in total. The van der Waals surface area contributed by atoms with Crippen LogP contribution >= 0.6 is 30.5 Å². The largest absolute Gasteiger partial charge is 0.427 e. The topological polar surface area (TPSA) is 80.6 Å². The van der Waals surface area contributed by atoms with Gasteiger partial charge in [-0.15, -0.1) is 0 Å². The molecule has 0 amide bonds. The van der Waals surface area contributed by atoms with E-state index in [1.54, 1.807) is 24.3 Å². The molecule has 0 saturated heterocycles. The van der Waals surface area contributed by atoms with Gasteiger partial charge in [-0.2, -0.15) is 4.98 Å². The average Bonchev–Trinajstić information content (AvgIpc) is 3.05. The maximum Gasteiger partial charge on any atom is 0.341 e. The third-order valence-electron chi connectivity index (χ3n) is 3.17. The summed E-state index contributed by atoms with van der Waals surface area (Å²) in [4.78, 5) is 4.27. The van der Waals surface area contributed by atoms with Gasteiger partial charge in [0.15, 0.2) is 10.7 Å². The maximum absolute atomic E-state index is 6.13. The number of nitrogens with one attached hydrogen (secondary N) is 3. The molecule has 1 aromatic heterocycles. The summed E-state index contributed by atoms with van der Waals surface area (Å²) >= 11 is 16.9. The second-order valence-electron chi connectivity index (χ2n) is 5.11. The van der Waals surface area contributed by atoms with Gasteiger partial charge in [-0.1, -0.05) is 35.9 Å². The molecule has 142 valence electrons. The van der Waals surface area contributed by atoms with E-state index in [1.807, 2.05) is 31.2 Å². The van der Waals surface area contributed by atoms with Gasteiger partial charge in [0.1, 0.15) is 11.3 Å². The summed E-state index contributed by atoms with van der Waals surface area (Å²) in [7, 11) is 0. The Morgan fingerprint density at radius 2 is 1.96 bits per heavy atom. The van der Waals surface area contributed by atoms with Crippen LogP contribution in [0.4, 0.5) is 6.01 Å². The molecule has 0 aliphatic heterocycles. The van der Waals surface area contributed by atoms with Crippen molar-refractivity contribution >= 4 is 64.5 Å². The van der Waals surface area contributed by atoms with Gasteiger partial charge in [0.05, 0.1) is 11.6 Å². The predicted molar refractivity (Wildman–Crippen MR) is 114 cm³/mol. The highest BCUT2D eigenvalue weighted by molar-refractivity contribution is 8.09. The standard InChI is InChI=1S/C16H16ClN4O3PS2/c1-2-22-25(27,24-13-9-5-3-7-11(13)17)21-16(26)20-19-15-18-12-8-4-6-10-14(12)23-15/h3-10H,2H2,1H3,(H,18,19)(H2,20,21,26,27). The fourth-order valence-electron chi connectivity index (χ4n) is 2.09. The lowest BCUT2D eigenvalue weighted by atomic mass is 10.3. The number of anilines is 1. The molecule has 3 rings (SSSR count). The Balaban J connectivity index is 1.64. The first-order valence-corrected chi connectivity index (χ1v) is 11.3. The third kappa shape index (κ3) is 5.31. The Labute approximate surface area is 171 Å². The van der Waals surface area contributed by atoms with Gasteiger partial charge in [-0.25, -0.2) is 0 Å². The molecule has 1 atom stereocenters. The number of hydrazine groups is 1. The summed E-state index contributed by atoms with van der Waals surface area (Å²) in [5.41, 5.74) is 6.91. The second-order valence-corrected chi connectivity index (χ2v) is 9.03. The monoisotopic (exact) mass is 442 g/mol. The average molecular weight is 443 g/mol. The van der Waals surface area contributed by atoms with E-state index in [0.717, 1.165) is 5.52 Å². The molecule has 0 radical (unpaired) electrons. The van der Waals surface area contributed by atoms with Crippen molar-refractivity contribution in [2.45, 2.75) is 6.92 Å². The smallest absolute Gasteiger partial charge is 0.341 e. The minimum absolute atomic E-state index is 0.168. The zero-order valence-corrected chi connectivity index (χ0v) is 17.4. The van der Waals surface area contributed by atoms with Crippen molar-refractivity contribution in [2.75, 3.05) is 12.0 Å². The molecule has 2 aromatic carbocycles. The molecule has 7 nitrogen and oxygen atoms in total. The van der Waals surface area contributed by atoms with Gasteiger partial charge in [-0.3, -0.25) is 15.9 Å². The highest BCUT2D eigenvalue weighted by Gasteiger charge is 2.23. The summed E-state index contributed by atoms with van der Waals surface area (Å²) in [6.45, 7) is -0.815. The lowest BCUT2D eigenvalue weighted by Gasteiger charge is -2.24. The minimum atomic E-state index is -2.97. The van der Waals surface area contributed by atoms with Crippen LogP contribution in [-0.4, -0.2) is 16.7 Å². The maximum atomic E-state index is 6.13. The number of oxazole rings is 1. The van der Waals surface area contributed by atoms with Crippen LogP contribution in [0, 0.1) is 0 Å². The summed E-state index contributed by atoms with van der Waals surface area (Å²) in [5.74, 6) is 0.415. The zero-order valence-electron chi connectivity index (χ0n) is 14.1. The van der Waals surface area contributed by atoms with E-state index in [-0.39, 0.29) is 11.1 Å². The SMILES string of the molecule is CCOP(=S)(NC(=S)NNc1nc2ccccc2o1)Oc1ccccc1Cl. The number of thiocarbonyl (C=S) groups is 1.